The van der Waals surface area contributed by atoms with Gasteiger partial charge in [0.2, 0.25) is 5.91 Å². The second-order valence-electron chi connectivity index (χ2n) is 6.63. The van der Waals surface area contributed by atoms with E-state index in [0.717, 1.165) is 28.6 Å². The second-order valence-corrected chi connectivity index (χ2v) is 7.89. The Labute approximate surface area is 190 Å². The first-order valence-electron chi connectivity index (χ1n) is 9.77. The molecule has 2 aromatic carbocycles. The molecule has 0 spiro atoms. The third-order valence-corrected chi connectivity index (χ3v) is 5.13. The Morgan fingerprint density at radius 3 is 2.50 bits per heavy atom. The fourth-order valence-electron chi connectivity index (χ4n) is 2.56. The molecule has 2 aromatic rings. The molecule has 3 N–H and O–H groups in total. The standard InChI is InChI=1S/C22H26BrN3O3S/c1-3-4-13-29-19-11-8-16(14-18(19)23)21(28)26-22(30)25-17-9-5-15(6-10-17)7-12-20(27)24-2/h5-6,8-11,14H,3-4,7,12-13H2,1-2H3,(H,24,27)(H2,25,26,28,30). The molecule has 0 atom stereocenters. The molecule has 0 aliphatic rings. The van der Waals surface area contributed by atoms with Crippen molar-refractivity contribution in [2.75, 3.05) is 19.0 Å². The van der Waals surface area contributed by atoms with Gasteiger partial charge < -0.3 is 15.4 Å². The van der Waals surface area contributed by atoms with Crippen LogP contribution < -0.4 is 20.7 Å². The van der Waals surface area contributed by atoms with Crippen LogP contribution in [0.1, 0.15) is 42.1 Å². The molecule has 0 fully saturated rings. The molecule has 0 radical (unpaired) electrons. The number of ether oxygens (including phenoxy) is 1. The van der Waals surface area contributed by atoms with Gasteiger partial charge in [0.25, 0.3) is 5.91 Å². The quantitative estimate of drug-likeness (QED) is 0.357. The van der Waals surface area contributed by atoms with E-state index in [4.69, 9.17) is 17.0 Å². The van der Waals surface area contributed by atoms with Gasteiger partial charge in [0, 0.05) is 24.7 Å². The number of benzene rings is 2. The lowest BCUT2D eigenvalue weighted by atomic mass is 10.1. The van der Waals surface area contributed by atoms with Crippen LogP contribution in [0.15, 0.2) is 46.9 Å². The number of carbonyl (C=O) groups excluding carboxylic acids is 2. The number of hydrogen-bond acceptors (Lipinski definition) is 4. The molecule has 30 heavy (non-hydrogen) atoms. The number of unbranched alkanes of at least 4 members (excludes halogenated alkanes) is 1. The van der Waals surface area contributed by atoms with Crippen molar-refractivity contribution in [1.29, 1.82) is 0 Å². The van der Waals surface area contributed by atoms with Gasteiger partial charge in [-0.15, -0.1) is 0 Å². The predicted octanol–water partition coefficient (Wildman–Crippen LogP) is 4.43. The molecule has 160 valence electrons. The average molecular weight is 492 g/mol. The van der Waals surface area contributed by atoms with Crippen molar-refractivity contribution in [2.24, 2.45) is 0 Å². The Kier molecular flexibility index (Phi) is 9.76. The van der Waals surface area contributed by atoms with Gasteiger partial charge in [0.1, 0.15) is 5.75 Å². The smallest absolute Gasteiger partial charge is 0.257 e. The van der Waals surface area contributed by atoms with Gasteiger partial charge in [0.15, 0.2) is 5.11 Å². The lowest BCUT2D eigenvalue weighted by molar-refractivity contribution is -0.120. The summed E-state index contributed by atoms with van der Waals surface area (Å²) < 4.78 is 6.40. The minimum atomic E-state index is -0.310. The van der Waals surface area contributed by atoms with Crippen LogP contribution in [0.25, 0.3) is 0 Å². The van der Waals surface area contributed by atoms with Crippen molar-refractivity contribution < 1.29 is 14.3 Å². The lowest BCUT2D eigenvalue weighted by Gasteiger charge is -2.12. The van der Waals surface area contributed by atoms with E-state index >= 15 is 0 Å². The minimum Gasteiger partial charge on any atom is -0.492 e. The van der Waals surface area contributed by atoms with Gasteiger partial charge in [-0.2, -0.15) is 0 Å². The van der Waals surface area contributed by atoms with E-state index in [1.165, 1.54) is 0 Å². The van der Waals surface area contributed by atoms with Crippen LogP contribution in [0.2, 0.25) is 0 Å². The van der Waals surface area contributed by atoms with E-state index in [1.54, 1.807) is 25.2 Å². The second kappa shape index (κ2) is 12.3. The van der Waals surface area contributed by atoms with Crippen LogP contribution in [0.4, 0.5) is 5.69 Å². The molecule has 2 amide bonds. The number of carbonyl (C=O) groups is 2. The van der Waals surface area contributed by atoms with Gasteiger partial charge in [-0.1, -0.05) is 25.5 Å². The molecule has 6 nitrogen and oxygen atoms in total. The zero-order valence-electron chi connectivity index (χ0n) is 17.1. The Morgan fingerprint density at radius 2 is 1.87 bits per heavy atom. The minimum absolute atomic E-state index is 0.00767. The summed E-state index contributed by atoms with van der Waals surface area (Å²) >= 11 is 8.69. The van der Waals surface area contributed by atoms with Crippen LogP contribution >= 0.6 is 28.1 Å². The number of hydrogen-bond donors (Lipinski definition) is 3. The number of halogens is 1. The van der Waals surface area contributed by atoms with Crippen molar-refractivity contribution in [3.05, 3.63) is 58.1 Å². The van der Waals surface area contributed by atoms with Crippen LogP contribution in [-0.2, 0) is 11.2 Å². The van der Waals surface area contributed by atoms with Gasteiger partial charge in [0.05, 0.1) is 11.1 Å². The van der Waals surface area contributed by atoms with Gasteiger partial charge >= 0.3 is 0 Å². The summed E-state index contributed by atoms with van der Waals surface area (Å²) in [6.07, 6.45) is 3.13. The predicted molar refractivity (Wildman–Crippen MR) is 127 cm³/mol. The summed E-state index contributed by atoms with van der Waals surface area (Å²) in [5, 5.41) is 8.47. The lowest BCUT2D eigenvalue weighted by Crippen LogP contribution is -2.34. The Bertz CT molecular complexity index is 888. The molecule has 0 saturated heterocycles. The maximum atomic E-state index is 12.5. The number of aryl methyl sites for hydroxylation is 1. The number of thiocarbonyl (C=S) groups is 1. The SMILES string of the molecule is CCCCOc1ccc(C(=O)NC(=S)Nc2ccc(CCC(=O)NC)cc2)cc1Br. The highest BCUT2D eigenvalue weighted by molar-refractivity contribution is 9.10. The molecule has 0 unspecified atom stereocenters. The fraction of sp³-hybridized carbons (Fsp3) is 0.318. The molecular weight excluding hydrogens is 466 g/mol. The van der Waals surface area contributed by atoms with Gasteiger partial charge in [-0.05, 0) is 76.9 Å². The summed E-state index contributed by atoms with van der Waals surface area (Å²) in [5.74, 6) is 0.404. The highest BCUT2D eigenvalue weighted by Crippen LogP contribution is 2.26. The zero-order valence-corrected chi connectivity index (χ0v) is 19.5. The first-order valence-corrected chi connectivity index (χ1v) is 11.0. The van der Waals surface area contributed by atoms with E-state index in [1.807, 2.05) is 24.3 Å². The fourth-order valence-corrected chi connectivity index (χ4v) is 3.26. The molecule has 0 aliphatic carbocycles. The zero-order chi connectivity index (χ0) is 21.9. The van der Waals surface area contributed by atoms with Crippen LogP contribution in [0, 0.1) is 0 Å². The first-order chi connectivity index (χ1) is 14.4. The number of amides is 2. The number of nitrogens with one attached hydrogen (secondary N) is 3. The highest BCUT2D eigenvalue weighted by atomic mass is 79.9. The average Bonchev–Trinajstić information content (AvgIpc) is 2.74. The molecule has 2 rings (SSSR count). The van der Waals surface area contributed by atoms with E-state index in [2.05, 4.69) is 38.8 Å². The maximum absolute atomic E-state index is 12.5. The molecular formula is C22H26BrN3O3S. The summed E-state index contributed by atoms with van der Waals surface area (Å²) in [6.45, 7) is 2.74. The maximum Gasteiger partial charge on any atom is 0.257 e. The van der Waals surface area contributed by atoms with E-state index in [9.17, 15) is 9.59 Å². The van der Waals surface area contributed by atoms with Crippen molar-refractivity contribution >= 4 is 50.8 Å². The van der Waals surface area contributed by atoms with Gasteiger partial charge in [-0.3, -0.25) is 14.9 Å². The third-order valence-electron chi connectivity index (χ3n) is 4.31. The monoisotopic (exact) mass is 491 g/mol. The molecule has 0 heterocycles. The third kappa shape index (κ3) is 7.76. The van der Waals surface area contributed by atoms with E-state index in [0.29, 0.717) is 30.8 Å². The number of anilines is 1. The summed E-state index contributed by atoms with van der Waals surface area (Å²) in [7, 11) is 1.62. The van der Waals surface area contributed by atoms with Crippen molar-refractivity contribution in [3.63, 3.8) is 0 Å². The van der Waals surface area contributed by atoms with Crippen molar-refractivity contribution in [1.82, 2.24) is 10.6 Å². The molecule has 0 aromatic heterocycles. The molecule has 0 saturated carbocycles. The Morgan fingerprint density at radius 1 is 1.13 bits per heavy atom. The molecule has 8 heteroatoms. The molecule has 0 bridgehead atoms. The highest BCUT2D eigenvalue weighted by Gasteiger charge is 2.11. The topological polar surface area (TPSA) is 79.5 Å². The molecule has 0 aliphatic heterocycles. The van der Waals surface area contributed by atoms with Gasteiger partial charge in [-0.25, -0.2) is 0 Å². The van der Waals surface area contributed by atoms with E-state index in [-0.39, 0.29) is 16.9 Å². The first kappa shape index (κ1) is 23.8. The van der Waals surface area contributed by atoms with Crippen molar-refractivity contribution in [3.8, 4) is 5.75 Å². The van der Waals surface area contributed by atoms with Crippen LogP contribution in [0.3, 0.4) is 0 Å². The Balaban J connectivity index is 1.87. The normalized spacial score (nSPS) is 10.2. The van der Waals surface area contributed by atoms with E-state index < -0.39 is 0 Å². The summed E-state index contributed by atoms with van der Waals surface area (Å²) in [5.41, 5.74) is 2.27. The number of rotatable bonds is 9. The van der Waals surface area contributed by atoms with Crippen LogP contribution in [0.5, 0.6) is 5.75 Å². The Hall–Kier alpha value is -2.45. The largest absolute Gasteiger partial charge is 0.492 e. The van der Waals surface area contributed by atoms with Crippen LogP contribution in [-0.4, -0.2) is 30.6 Å². The summed E-state index contributed by atoms with van der Waals surface area (Å²) in [6, 6.07) is 12.7. The summed E-state index contributed by atoms with van der Waals surface area (Å²) in [4.78, 5) is 23.8. The van der Waals surface area contributed by atoms with Crippen molar-refractivity contribution in [2.45, 2.75) is 32.6 Å².